The van der Waals surface area contributed by atoms with E-state index in [2.05, 4.69) is 0 Å². The van der Waals surface area contributed by atoms with E-state index in [1.54, 1.807) is 36.1 Å². The molecule has 1 amide bonds. The maximum atomic E-state index is 12.3. The minimum absolute atomic E-state index is 0.230. The predicted octanol–water partition coefficient (Wildman–Crippen LogP) is 2.10. The molecule has 0 unspecified atom stereocenters. The highest BCUT2D eigenvalue weighted by Gasteiger charge is 2.24. The van der Waals surface area contributed by atoms with Gasteiger partial charge in [0.1, 0.15) is 6.54 Å². The molecule has 1 aromatic carbocycles. The number of hydrogen-bond donors (Lipinski definition) is 0. The second-order valence-electron chi connectivity index (χ2n) is 6.87. The minimum atomic E-state index is -3.67. The molecule has 0 atom stereocenters. The number of rotatable bonds is 6. The summed E-state index contributed by atoms with van der Waals surface area (Å²) in [5, 5.41) is 0. The molecule has 0 bridgehead atoms. The van der Waals surface area contributed by atoms with E-state index in [1.165, 1.54) is 6.42 Å². The molecule has 27 heavy (non-hydrogen) atoms. The van der Waals surface area contributed by atoms with Crippen LogP contribution in [0.2, 0.25) is 0 Å². The maximum absolute atomic E-state index is 12.3. The molecule has 1 saturated heterocycles. The number of likely N-dealkylation sites (tertiary alicyclic amines) is 1. The Bertz CT molecular complexity index is 755. The number of sulfonamides is 1. The molecule has 1 fully saturated rings. The van der Waals surface area contributed by atoms with Crippen molar-refractivity contribution >= 4 is 27.6 Å². The van der Waals surface area contributed by atoms with Crippen molar-refractivity contribution in [2.45, 2.75) is 39.0 Å². The highest BCUT2D eigenvalue weighted by Crippen LogP contribution is 2.21. The fourth-order valence-corrected chi connectivity index (χ4v) is 4.02. The molecule has 2 rings (SSSR count). The van der Waals surface area contributed by atoms with E-state index in [9.17, 15) is 18.0 Å². The quantitative estimate of drug-likeness (QED) is 0.688. The van der Waals surface area contributed by atoms with E-state index in [-0.39, 0.29) is 12.5 Å². The molecule has 1 aliphatic heterocycles. The Hall–Kier alpha value is -2.09. The van der Waals surface area contributed by atoms with Crippen LogP contribution in [-0.2, 0) is 24.3 Å². The van der Waals surface area contributed by atoms with Gasteiger partial charge >= 0.3 is 5.97 Å². The van der Waals surface area contributed by atoms with E-state index in [0.29, 0.717) is 18.8 Å². The Morgan fingerprint density at radius 3 is 2.26 bits per heavy atom. The lowest BCUT2D eigenvalue weighted by Gasteiger charge is -2.25. The van der Waals surface area contributed by atoms with Gasteiger partial charge in [0.25, 0.3) is 5.91 Å². The molecular formula is C19H28N2O5S. The molecule has 0 aromatic heterocycles. The molecule has 0 radical (unpaired) electrons. The van der Waals surface area contributed by atoms with Crippen molar-refractivity contribution in [3.63, 3.8) is 0 Å². The first kappa shape index (κ1) is 21.2. The fraction of sp³-hybridized carbons (Fsp3) is 0.579. The highest BCUT2D eigenvalue weighted by atomic mass is 32.2. The van der Waals surface area contributed by atoms with Gasteiger partial charge in [0.05, 0.1) is 11.9 Å². The van der Waals surface area contributed by atoms with E-state index in [1.807, 2.05) is 0 Å². The SMILES string of the molecule is Cc1ccccc1N(CC(=O)OCC(=O)N1CCCCCCC1)S(C)(=O)=O. The Balaban J connectivity index is 1.96. The first-order valence-corrected chi connectivity index (χ1v) is 11.1. The summed E-state index contributed by atoms with van der Waals surface area (Å²) >= 11 is 0. The van der Waals surface area contributed by atoms with E-state index < -0.39 is 22.5 Å². The van der Waals surface area contributed by atoms with Gasteiger partial charge in [-0.15, -0.1) is 0 Å². The van der Waals surface area contributed by atoms with Crippen molar-refractivity contribution in [3.05, 3.63) is 29.8 Å². The third-order valence-electron chi connectivity index (χ3n) is 4.62. The van der Waals surface area contributed by atoms with Crippen LogP contribution in [0.25, 0.3) is 0 Å². The molecule has 150 valence electrons. The molecule has 0 spiro atoms. The molecule has 1 aromatic rings. The number of ether oxygens (including phenoxy) is 1. The highest BCUT2D eigenvalue weighted by molar-refractivity contribution is 7.92. The molecule has 1 heterocycles. The van der Waals surface area contributed by atoms with E-state index in [0.717, 1.165) is 41.8 Å². The van der Waals surface area contributed by atoms with Gasteiger partial charge in [0.2, 0.25) is 10.0 Å². The number of anilines is 1. The van der Waals surface area contributed by atoms with Crippen LogP contribution in [0.1, 0.15) is 37.7 Å². The standard InChI is InChI=1S/C19H28N2O5S/c1-16-10-6-7-11-17(16)21(27(2,24)25)14-19(23)26-15-18(22)20-12-8-4-3-5-9-13-20/h6-7,10-11H,3-5,8-9,12-15H2,1-2H3. The zero-order valence-electron chi connectivity index (χ0n) is 16.0. The van der Waals surface area contributed by atoms with Gasteiger partial charge in [-0.1, -0.05) is 37.5 Å². The second kappa shape index (κ2) is 9.73. The number of carbonyl (C=O) groups is 2. The van der Waals surface area contributed by atoms with E-state index >= 15 is 0 Å². The number of benzene rings is 1. The summed E-state index contributed by atoms with van der Waals surface area (Å²) in [5.74, 6) is -0.976. The third-order valence-corrected chi connectivity index (χ3v) is 5.75. The number of hydrogen-bond acceptors (Lipinski definition) is 5. The Labute approximate surface area is 161 Å². The average molecular weight is 397 g/mol. The lowest BCUT2D eigenvalue weighted by atomic mass is 10.1. The van der Waals surface area contributed by atoms with Crippen molar-refractivity contribution in [1.82, 2.24) is 4.90 Å². The minimum Gasteiger partial charge on any atom is -0.454 e. The van der Waals surface area contributed by atoms with Crippen LogP contribution in [-0.4, -0.2) is 57.7 Å². The fourth-order valence-electron chi connectivity index (χ4n) is 3.12. The van der Waals surface area contributed by atoms with Gasteiger partial charge in [-0.25, -0.2) is 8.42 Å². The van der Waals surface area contributed by atoms with Crippen molar-refractivity contribution in [1.29, 1.82) is 0 Å². The first-order valence-electron chi connectivity index (χ1n) is 9.26. The van der Waals surface area contributed by atoms with Crippen molar-refractivity contribution in [2.75, 3.05) is 36.8 Å². The van der Waals surface area contributed by atoms with Crippen LogP contribution in [0.4, 0.5) is 5.69 Å². The van der Waals surface area contributed by atoms with Gasteiger partial charge in [0.15, 0.2) is 6.61 Å². The summed E-state index contributed by atoms with van der Waals surface area (Å²) in [6.45, 7) is 2.30. The van der Waals surface area contributed by atoms with Gasteiger partial charge in [-0.05, 0) is 31.4 Å². The summed E-state index contributed by atoms with van der Waals surface area (Å²) < 4.78 is 30.3. The number of para-hydroxylation sites is 1. The van der Waals surface area contributed by atoms with Crippen LogP contribution in [0.5, 0.6) is 0 Å². The molecule has 0 aliphatic carbocycles. The van der Waals surface area contributed by atoms with E-state index in [4.69, 9.17) is 4.74 Å². The first-order chi connectivity index (χ1) is 12.8. The normalized spacial score (nSPS) is 15.6. The molecule has 0 N–H and O–H groups in total. The molecule has 1 aliphatic rings. The number of nitrogens with zero attached hydrogens (tertiary/aromatic N) is 2. The van der Waals surface area contributed by atoms with Crippen LogP contribution >= 0.6 is 0 Å². The van der Waals surface area contributed by atoms with Gasteiger partial charge in [-0.2, -0.15) is 0 Å². The topological polar surface area (TPSA) is 84.0 Å². The zero-order valence-corrected chi connectivity index (χ0v) is 16.8. The summed E-state index contributed by atoms with van der Waals surface area (Å²) in [6.07, 6.45) is 6.34. The summed E-state index contributed by atoms with van der Waals surface area (Å²) in [7, 11) is -3.67. The lowest BCUT2D eigenvalue weighted by Crippen LogP contribution is -2.39. The molecule has 0 saturated carbocycles. The maximum Gasteiger partial charge on any atom is 0.327 e. The number of carbonyl (C=O) groups excluding carboxylic acids is 2. The zero-order chi connectivity index (χ0) is 19.9. The van der Waals surface area contributed by atoms with Gasteiger partial charge in [0, 0.05) is 13.1 Å². The summed E-state index contributed by atoms with van der Waals surface area (Å²) in [6, 6.07) is 6.90. The van der Waals surface area contributed by atoms with Crippen molar-refractivity contribution < 1.29 is 22.7 Å². The number of esters is 1. The number of amides is 1. The Morgan fingerprint density at radius 2 is 1.67 bits per heavy atom. The molecular weight excluding hydrogens is 368 g/mol. The largest absolute Gasteiger partial charge is 0.454 e. The van der Waals surface area contributed by atoms with Gasteiger partial charge in [-0.3, -0.25) is 13.9 Å². The van der Waals surface area contributed by atoms with Crippen LogP contribution in [0, 0.1) is 6.92 Å². The lowest BCUT2D eigenvalue weighted by molar-refractivity contribution is -0.150. The van der Waals surface area contributed by atoms with Crippen molar-refractivity contribution in [3.8, 4) is 0 Å². The monoisotopic (exact) mass is 396 g/mol. The smallest absolute Gasteiger partial charge is 0.327 e. The van der Waals surface area contributed by atoms with Crippen LogP contribution in [0.3, 0.4) is 0 Å². The summed E-state index contributed by atoms with van der Waals surface area (Å²) in [4.78, 5) is 26.2. The van der Waals surface area contributed by atoms with Crippen molar-refractivity contribution in [2.24, 2.45) is 0 Å². The van der Waals surface area contributed by atoms with Crippen LogP contribution in [0.15, 0.2) is 24.3 Å². The molecule has 7 nitrogen and oxygen atoms in total. The Morgan fingerprint density at radius 1 is 1.07 bits per heavy atom. The van der Waals surface area contributed by atoms with Crippen LogP contribution < -0.4 is 4.31 Å². The summed E-state index contributed by atoms with van der Waals surface area (Å²) in [5.41, 5.74) is 1.15. The van der Waals surface area contributed by atoms with Gasteiger partial charge < -0.3 is 9.64 Å². The Kier molecular flexibility index (Phi) is 7.65. The second-order valence-corrected chi connectivity index (χ2v) is 8.77. The predicted molar refractivity (Wildman–Crippen MR) is 104 cm³/mol. The average Bonchev–Trinajstić information content (AvgIpc) is 2.57. The molecule has 8 heteroatoms. The number of aryl methyl sites for hydroxylation is 1. The third kappa shape index (κ3) is 6.53.